The highest BCUT2D eigenvalue weighted by Crippen LogP contribution is 2.44. The molecule has 0 nitrogen and oxygen atoms in total. The molecule has 0 aliphatic heterocycles. The summed E-state index contributed by atoms with van der Waals surface area (Å²) in [6.07, 6.45) is 2.39. The highest BCUT2D eigenvalue weighted by Gasteiger charge is 2.27. The molecule has 0 saturated carbocycles. The Morgan fingerprint density at radius 3 is 2.42 bits per heavy atom. The van der Waals surface area contributed by atoms with E-state index in [1.165, 1.54) is 51.1 Å². The lowest BCUT2D eigenvalue weighted by atomic mass is 9.72. The Morgan fingerprint density at radius 1 is 0.808 bits per heavy atom. The lowest BCUT2D eigenvalue weighted by Crippen LogP contribution is -2.18. The molecular weight excluding hydrogens is 336 g/mol. The second-order valence-electron chi connectivity index (χ2n) is 7.67. The van der Waals surface area contributed by atoms with E-state index in [0.29, 0.717) is 11.8 Å². The predicted molar refractivity (Wildman–Crippen MR) is 112 cm³/mol. The second kappa shape index (κ2) is 6.14. The Morgan fingerprint density at radius 2 is 1.58 bits per heavy atom. The lowest BCUT2D eigenvalue weighted by molar-refractivity contribution is 0.467. The van der Waals surface area contributed by atoms with Crippen molar-refractivity contribution in [1.82, 2.24) is 0 Å². The van der Waals surface area contributed by atoms with Crippen LogP contribution in [-0.2, 0) is 6.42 Å². The predicted octanol–water partition coefficient (Wildman–Crippen LogP) is 7.36. The van der Waals surface area contributed by atoms with Gasteiger partial charge in [-0.15, -0.1) is 0 Å². The van der Waals surface area contributed by atoms with E-state index >= 15 is 0 Å². The molecule has 26 heavy (non-hydrogen) atoms. The molecule has 128 valence electrons. The zero-order valence-corrected chi connectivity index (χ0v) is 15.6. The summed E-state index contributed by atoms with van der Waals surface area (Å²) >= 11 is 6.20. The van der Waals surface area contributed by atoms with Gasteiger partial charge >= 0.3 is 0 Å². The van der Waals surface area contributed by atoms with Gasteiger partial charge in [-0.2, -0.15) is 0 Å². The molecule has 0 amide bonds. The summed E-state index contributed by atoms with van der Waals surface area (Å²) in [7, 11) is 0. The fraction of sp³-hybridized carbons (Fsp3) is 0.200. The summed E-state index contributed by atoms with van der Waals surface area (Å²) in [5, 5.41) is 6.04. The average Bonchev–Trinajstić information content (AvgIpc) is 2.67. The first kappa shape index (κ1) is 15.9. The molecule has 0 fully saturated rings. The van der Waals surface area contributed by atoms with E-state index in [4.69, 9.17) is 11.6 Å². The van der Waals surface area contributed by atoms with Crippen LogP contribution in [0.5, 0.6) is 0 Å². The summed E-state index contributed by atoms with van der Waals surface area (Å²) in [6.45, 7) is 2.38. The van der Waals surface area contributed by atoms with Crippen molar-refractivity contribution < 1.29 is 0 Å². The molecule has 0 saturated heterocycles. The summed E-state index contributed by atoms with van der Waals surface area (Å²) < 4.78 is 0. The van der Waals surface area contributed by atoms with E-state index in [9.17, 15) is 0 Å². The third kappa shape index (κ3) is 2.52. The van der Waals surface area contributed by atoms with Crippen LogP contribution in [0.15, 0.2) is 72.8 Å². The average molecular weight is 357 g/mol. The molecule has 4 aromatic rings. The third-order valence-corrected chi connectivity index (χ3v) is 6.10. The first-order valence-electron chi connectivity index (χ1n) is 9.39. The van der Waals surface area contributed by atoms with Crippen molar-refractivity contribution in [2.24, 2.45) is 5.92 Å². The van der Waals surface area contributed by atoms with Crippen LogP contribution < -0.4 is 0 Å². The Hall–Kier alpha value is -2.31. The summed E-state index contributed by atoms with van der Waals surface area (Å²) in [5.74, 6) is 1.19. The Bertz CT molecular complexity index is 1110. The normalized spacial score (nSPS) is 19.6. The van der Waals surface area contributed by atoms with Crippen LogP contribution in [0.4, 0.5) is 0 Å². The van der Waals surface area contributed by atoms with Crippen molar-refractivity contribution in [3.05, 3.63) is 94.5 Å². The van der Waals surface area contributed by atoms with Crippen LogP contribution in [0.25, 0.3) is 21.5 Å². The fourth-order valence-electron chi connectivity index (χ4n) is 4.74. The van der Waals surface area contributed by atoms with Gasteiger partial charge in [-0.05, 0) is 69.1 Å². The molecule has 2 unspecified atom stereocenters. The van der Waals surface area contributed by atoms with Crippen LogP contribution >= 0.6 is 11.6 Å². The zero-order chi connectivity index (χ0) is 17.7. The van der Waals surface area contributed by atoms with E-state index in [2.05, 4.69) is 73.7 Å². The largest absolute Gasteiger partial charge is 0.0843 e. The number of benzene rings is 4. The van der Waals surface area contributed by atoms with Gasteiger partial charge in [0.1, 0.15) is 0 Å². The third-order valence-electron chi connectivity index (χ3n) is 5.87. The summed E-state index contributed by atoms with van der Waals surface area (Å²) in [5.41, 5.74) is 4.48. The molecule has 5 rings (SSSR count). The van der Waals surface area contributed by atoms with Gasteiger partial charge in [-0.25, -0.2) is 0 Å². The highest BCUT2D eigenvalue weighted by atomic mass is 35.5. The Labute approximate surface area is 159 Å². The SMILES string of the molecule is CC1Cc2ccc3c(ccc4cc(Cl)ccc43)c2C(c2ccccc2)C1. The number of fused-ring (bicyclic) bond motifs is 5. The number of hydrogen-bond acceptors (Lipinski definition) is 0. The maximum absolute atomic E-state index is 6.20. The van der Waals surface area contributed by atoms with E-state index in [0.717, 1.165) is 5.02 Å². The molecule has 1 heteroatoms. The van der Waals surface area contributed by atoms with Crippen LogP contribution in [0.2, 0.25) is 5.02 Å². The van der Waals surface area contributed by atoms with E-state index in [1.54, 1.807) is 0 Å². The van der Waals surface area contributed by atoms with E-state index in [-0.39, 0.29) is 0 Å². The number of halogens is 1. The molecule has 0 N–H and O–H groups in total. The minimum atomic E-state index is 0.475. The summed E-state index contributed by atoms with van der Waals surface area (Å²) in [4.78, 5) is 0. The van der Waals surface area contributed by atoms with Crippen molar-refractivity contribution in [2.75, 3.05) is 0 Å². The molecule has 4 aromatic carbocycles. The maximum atomic E-state index is 6.20. The van der Waals surface area contributed by atoms with Crippen LogP contribution in [-0.4, -0.2) is 0 Å². The van der Waals surface area contributed by atoms with Gasteiger partial charge < -0.3 is 0 Å². The molecule has 0 heterocycles. The van der Waals surface area contributed by atoms with E-state index < -0.39 is 0 Å². The highest BCUT2D eigenvalue weighted by molar-refractivity contribution is 6.31. The van der Waals surface area contributed by atoms with Crippen molar-refractivity contribution in [2.45, 2.75) is 25.7 Å². The molecule has 0 aromatic heterocycles. The first-order valence-corrected chi connectivity index (χ1v) is 9.77. The van der Waals surface area contributed by atoms with Gasteiger partial charge in [0.25, 0.3) is 0 Å². The van der Waals surface area contributed by atoms with Crippen LogP contribution in [0, 0.1) is 5.92 Å². The second-order valence-corrected chi connectivity index (χ2v) is 8.11. The van der Waals surface area contributed by atoms with Crippen molar-refractivity contribution in [3.8, 4) is 0 Å². The van der Waals surface area contributed by atoms with Gasteiger partial charge in [0.15, 0.2) is 0 Å². The monoisotopic (exact) mass is 356 g/mol. The molecule has 0 spiro atoms. The summed E-state index contributed by atoms with van der Waals surface area (Å²) in [6, 6.07) is 26.4. The molecule has 0 radical (unpaired) electrons. The van der Waals surface area contributed by atoms with E-state index in [1.807, 2.05) is 6.07 Å². The smallest absolute Gasteiger partial charge is 0.0412 e. The molecule has 1 aliphatic rings. The lowest BCUT2D eigenvalue weighted by Gasteiger charge is -2.31. The van der Waals surface area contributed by atoms with Gasteiger partial charge in [0.05, 0.1) is 0 Å². The van der Waals surface area contributed by atoms with Crippen molar-refractivity contribution in [1.29, 1.82) is 0 Å². The Kier molecular flexibility index (Phi) is 3.76. The molecule has 2 atom stereocenters. The molecule has 0 bridgehead atoms. The number of hydrogen-bond donors (Lipinski definition) is 0. The number of rotatable bonds is 1. The fourth-order valence-corrected chi connectivity index (χ4v) is 4.92. The minimum Gasteiger partial charge on any atom is -0.0843 e. The van der Waals surface area contributed by atoms with Crippen molar-refractivity contribution in [3.63, 3.8) is 0 Å². The van der Waals surface area contributed by atoms with Crippen LogP contribution in [0.1, 0.15) is 36.0 Å². The van der Waals surface area contributed by atoms with Crippen LogP contribution in [0.3, 0.4) is 0 Å². The van der Waals surface area contributed by atoms with Gasteiger partial charge in [-0.1, -0.05) is 79.2 Å². The standard InChI is InChI=1S/C25H21Cl/c1-16-13-19-8-10-22-21-12-9-20(26)15-18(21)7-11-23(22)25(19)24(14-16)17-5-3-2-4-6-17/h2-12,15-16,24H,13-14H2,1H3. The van der Waals surface area contributed by atoms with Gasteiger partial charge in [0, 0.05) is 10.9 Å². The van der Waals surface area contributed by atoms with Gasteiger partial charge in [-0.3, -0.25) is 0 Å². The molecular formula is C25H21Cl. The zero-order valence-electron chi connectivity index (χ0n) is 14.9. The molecule has 1 aliphatic carbocycles. The van der Waals surface area contributed by atoms with Gasteiger partial charge in [0.2, 0.25) is 0 Å². The topological polar surface area (TPSA) is 0 Å². The Balaban J connectivity index is 1.82. The first-order chi connectivity index (χ1) is 12.7. The maximum Gasteiger partial charge on any atom is 0.0412 e. The van der Waals surface area contributed by atoms with Crippen molar-refractivity contribution >= 4 is 33.1 Å². The minimum absolute atomic E-state index is 0.475. The quantitative estimate of drug-likeness (QED) is 0.312.